The van der Waals surface area contributed by atoms with Crippen LogP contribution in [-0.2, 0) is 4.74 Å². The molecule has 2 nitrogen and oxygen atoms in total. The lowest BCUT2D eigenvalue weighted by Gasteiger charge is -2.35. The summed E-state index contributed by atoms with van der Waals surface area (Å²) in [4.78, 5) is 0. The van der Waals surface area contributed by atoms with Gasteiger partial charge in [-0.1, -0.05) is 0 Å². The van der Waals surface area contributed by atoms with Crippen LogP contribution in [0.2, 0.25) is 0 Å². The van der Waals surface area contributed by atoms with Crippen molar-refractivity contribution in [3.05, 3.63) is 0 Å². The number of hydrogen-bond acceptors (Lipinski definition) is 2. The molecule has 4 aliphatic carbocycles. The maximum absolute atomic E-state index is 9.95. The van der Waals surface area contributed by atoms with E-state index in [0.717, 1.165) is 36.0 Å². The van der Waals surface area contributed by atoms with Crippen molar-refractivity contribution < 1.29 is 9.84 Å². The smallest absolute Gasteiger partial charge is 0.0875 e. The van der Waals surface area contributed by atoms with Crippen LogP contribution < -0.4 is 0 Å². The summed E-state index contributed by atoms with van der Waals surface area (Å²) in [5.74, 6) is 5.08. The second kappa shape index (κ2) is 1.92. The largest absolute Gasteiger partial charge is 0.393 e. The lowest BCUT2D eigenvalue weighted by molar-refractivity contribution is 0.0353. The Balaban J connectivity index is 1.62. The van der Waals surface area contributed by atoms with E-state index in [0.29, 0.717) is 18.1 Å². The van der Waals surface area contributed by atoms with Crippen LogP contribution >= 0.6 is 0 Å². The molecule has 4 bridgehead atoms. The average molecular weight is 192 g/mol. The van der Waals surface area contributed by atoms with Crippen molar-refractivity contribution in [1.82, 2.24) is 0 Å². The van der Waals surface area contributed by atoms with Crippen LogP contribution in [0.1, 0.15) is 19.3 Å². The molecule has 1 aliphatic heterocycles. The van der Waals surface area contributed by atoms with E-state index in [4.69, 9.17) is 4.74 Å². The van der Waals surface area contributed by atoms with Gasteiger partial charge in [-0.3, -0.25) is 0 Å². The van der Waals surface area contributed by atoms with Crippen LogP contribution in [0, 0.1) is 35.5 Å². The number of ether oxygens (including phenoxy) is 1. The van der Waals surface area contributed by atoms with Crippen molar-refractivity contribution in [3.8, 4) is 0 Å². The summed E-state index contributed by atoms with van der Waals surface area (Å²) >= 11 is 0. The summed E-state index contributed by atoms with van der Waals surface area (Å²) in [6.07, 6.45) is 5.21. The summed E-state index contributed by atoms with van der Waals surface area (Å²) in [7, 11) is 0. The average Bonchev–Trinajstić information content (AvgIpc) is 2.57. The van der Waals surface area contributed by atoms with Crippen molar-refractivity contribution in [2.24, 2.45) is 35.5 Å². The van der Waals surface area contributed by atoms with Gasteiger partial charge in [-0.2, -0.15) is 0 Å². The minimum absolute atomic E-state index is 0.0396. The first-order chi connectivity index (χ1) is 6.84. The Morgan fingerprint density at radius 3 is 2.50 bits per heavy atom. The Bertz CT molecular complexity index is 307. The topological polar surface area (TPSA) is 32.8 Å². The molecule has 5 aliphatic rings. The normalized spacial score (nSPS) is 76.5. The van der Waals surface area contributed by atoms with E-state index in [1.54, 1.807) is 0 Å². The molecule has 5 fully saturated rings. The highest BCUT2D eigenvalue weighted by Gasteiger charge is 2.73. The summed E-state index contributed by atoms with van der Waals surface area (Å²) in [6.45, 7) is 0. The van der Waals surface area contributed by atoms with Crippen molar-refractivity contribution >= 4 is 0 Å². The molecule has 1 N–H and O–H groups in total. The first kappa shape index (κ1) is 7.24. The zero-order valence-corrected chi connectivity index (χ0v) is 8.17. The number of aliphatic hydroxyl groups is 1. The SMILES string of the molecule is OC1CC2CC1C1C3CC(C4OC34)C21. The zero-order chi connectivity index (χ0) is 9.02. The Labute approximate surface area is 83.6 Å². The van der Waals surface area contributed by atoms with Gasteiger partial charge in [0.15, 0.2) is 0 Å². The summed E-state index contributed by atoms with van der Waals surface area (Å²) in [6, 6.07) is 0. The number of rotatable bonds is 0. The van der Waals surface area contributed by atoms with E-state index in [2.05, 4.69) is 0 Å². The third-order valence-corrected chi connectivity index (χ3v) is 6.04. The van der Waals surface area contributed by atoms with Crippen LogP contribution in [-0.4, -0.2) is 23.4 Å². The summed E-state index contributed by atoms with van der Waals surface area (Å²) in [5, 5.41) is 9.95. The molecule has 5 rings (SSSR count). The van der Waals surface area contributed by atoms with Crippen molar-refractivity contribution in [2.75, 3.05) is 0 Å². The molecule has 0 aromatic rings. The third kappa shape index (κ3) is 0.570. The van der Waals surface area contributed by atoms with Crippen molar-refractivity contribution in [3.63, 3.8) is 0 Å². The second-order valence-electron chi connectivity index (χ2n) is 6.25. The lowest BCUT2D eigenvalue weighted by atomic mass is 9.70. The molecule has 2 heteroatoms. The predicted octanol–water partition coefficient (Wildman–Crippen LogP) is 1.04. The van der Waals surface area contributed by atoms with Gasteiger partial charge in [0, 0.05) is 0 Å². The predicted molar refractivity (Wildman–Crippen MR) is 49.5 cm³/mol. The molecule has 1 saturated heterocycles. The van der Waals surface area contributed by atoms with E-state index in [1.807, 2.05) is 0 Å². The number of epoxide rings is 1. The molecule has 0 amide bonds. The van der Waals surface area contributed by atoms with Gasteiger partial charge in [-0.05, 0) is 54.8 Å². The number of aliphatic hydroxyl groups excluding tert-OH is 1. The summed E-state index contributed by atoms with van der Waals surface area (Å²) < 4.78 is 5.75. The molecular formula is C12H16O2. The standard InChI is InChI=1S/C12H16O2/c13-8-2-4-1-5(8)10-7-3-6(9(4)10)11-12(7)14-11/h4-13H,1-3H2. The first-order valence-electron chi connectivity index (χ1n) is 6.18. The number of fused-ring (bicyclic) bond motifs is 12. The first-order valence-corrected chi connectivity index (χ1v) is 6.18. The minimum Gasteiger partial charge on any atom is -0.393 e. The van der Waals surface area contributed by atoms with Gasteiger partial charge in [0.25, 0.3) is 0 Å². The van der Waals surface area contributed by atoms with Gasteiger partial charge in [-0.15, -0.1) is 0 Å². The van der Waals surface area contributed by atoms with Crippen LogP contribution in [0.15, 0.2) is 0 Å². The molecular weight excluding hydrogens is 176 g/mol. The molecule has 0 aromatic heterocycles. The van der Waals surface area contributed by atoms with E-state index < -0.39 is 0 Å². The van der Waals surface area contributed by atoms with Gasteiger partial charge >= 0.3 is 0 Å². The molecule has 1 heterocycles. The van der Waals surface area contributed by atoms with Crippen LogP contribution in [0.25, 0.3) is 0 Å². The Hall–Kier alpha value is -0.0800. The molecule has 0 spiro atoms. The minimum atomic E-state index is 0.0396. The Morgan fingerprint density at radius 2 is 1.64 bits per heavy atom. The van der Waals surface area contributed by atoms with E-state index >= 15 is 0 Å². The third-order valence-electron chi connectivity index (χ3n) is 6.04. The molecule has 76 valence electrons. The van der Waals surface area contributed by atoms with Crippen molar-refractivity contribution in [2.45, 2.75) is 37.6 Å². The van der Waals surface area contributed by atoms with E-state index in [-0.39, 0.29) is 6.10 Å². The van der Waals surface area contributed by atoms with Crippen LogP contribution in [0.3, 0.4) is 0 Å². The molecule has 9 atom stereocenters. The lowest BCUT2D eigenvalue weighted by Crippen LogP contribution is -2.37. The fourth-order valence-corrected chi connectivity index (χ4v) is 5.81. The molecule has 0 aromatic carbocycles. The van der Waals surface area contributed by atoms with Gasteiger partial charge < -0.3 is 9.84 Å². The monoisotopic (exact) mass is 192 g/mol. The zero-order valence-electron chi connectivity index (χ0n) is 8.17. The quantitative estimate of drug-likeness (QED) is 0.459. The highest BCUT2D eigenvalue weighted by atomic mass is 16.6. The maximum atomic E-state index is 9.95. The maximum Gasteiger partial charge on any atom is 0.0875 e. The van der Waals surface area contributed by atoms with E-state index in [1.165, 1.54) is 12.8 Å². The van der Waals surface area contributed by atoms with Gasteiger partial charge in [-0.25, -0.2) is 0 Å². The fourth-order valence-electron chi connectivity index (χ4n) is 5.81. The fraction of sp³-hybridized carbons (Fsp3) is 1.00. The van der Waals surface area contributed by atoms with Gasteiger partial charge in [0.05, 0.1) is 18.3 Å². The second-order valence-corrected chi connectivity index (χ2v) is 6.25. The van der Waals surface area contributed by atoms with Gasteiger partial charge in [0.1, 0.15) is 0 Å². The van der Waals surface area contributed by atoms with Crippen LogP contribution in [0.4, 0.5) is 0 Å². The van der Waals surface area contributed by atoms with E-state index in [9.17, 15) is 5.11 Å². The van der Waals surface area contributed by atoms with Crippen LogP contribution in [0.5, 0.6) is 0 Å². The van der Waals surface area contributed by atoms with Crippen molar-refractivity contribution in [1.29, 1.82) is 0 Å². The number of hydrogen-bond donors (Lipinski definition) is 1. The summed E-state index contributed by atoms with van der Waals surface area (Å²) in [5.41, 5.74) is 0. The molecule has 9 unspecified atom stereocenters. The Kier molecular flexibility index (Phi) is 0.992. The Morgan fingerprint density at radius 1 is 0.857 bits per heavy atom. The highest BCUT2D eigenvalue weighted by molar-refractivity contribution is 5.20. The highest BCUT2D eigenvalue weighted by Crippen LogP contribution is 2.71. The molecule has 4 saturated carbocycles. The van der Waals surface area contributed by atoms with Gasteiger partial charge in [0.2, 0.25) is 0 Å². The molecule has 14 heavy (non-hydrogen) atoms. The molecule has 0 radical (unpaired) electrons.